The van der Waals surface area contributed by atoms with E-state index in [2.05, 4.69) is 36.0 Å². The van der Waals surface area contributed by atoms with Crippen molar-refractivity contribution in [3.8, 4) is 0 Å². The van der Waals surface area contributed by atoms with Crippen LogP contribution in [0.2, 0.25) is 5.02 Å². The van der Waals surface area contributed by atoms with Crippen LogP contribution >= 0.6 is 11.6 Å². The standard InChI is InChI=1S/C26H25ClFN3O2/c1-14(2)9-10-30-12-17-23(16-7-8-19(28)18(27)11-16)25-21(13-31(15(3)32)26(25)33)29-20-5-4-6-22(30)24(17)20/h4-8,11-12,14,23,29H,9-10,13H2,1-3H3. The lowest BCUT2D eigenvalue weighted by atomic mass is 9.84. The monoisotopic (exact) mass is 465 g/mol. The average Bonchev–Trinajstić information content (AvgIpc) is 3.24. The largest absolute Gasteiger partial charge is 0.356 e. The minimum absolute atomic E-state index is 0.00416. The molecule has 2 amide bonds. The molecule has 33 heavy (non-hydrogen) atoms. The summed E-state index contributed by atoms with van der Waals surface area (Å²) >= 11 is 6.16. The third-order valence-electron chi connectivity index (χ3n) is 6.54. The van der Waals surface area contributed by atoms with Gasteiger partial charge < -0.3 is 9.88 Å². The molecule has 0 aliphatic carbocycles. The Kier molecular flexibility index (Phi) is 5.28. The highest BCUT2D eigenvalue weighted by atomic mass is 35.5. The van der Waals surface area contributed by atoms with Crippen LogP contribution in [-0.4, -0.2) is 27.8 Å². The number of carbonyl (C=O) groups is 2. The second-order valence-corrected chi connectivity index (χ2v) is 9.60. The molecule has 3 aromatic rings. The van der Waals surface area contributed by atoms with Crippen molar-refractivity contribution in [1.82, 2.24) is 9.47 Å². The summed E-state index contributed by atoms with van der Waals surface area (Å²) in [4.78, 5) is 26.9. The zero-order valence-corrected chi connectivity index (χ0v) is 19.5. The van der Waals surface area contributed by atoms with Crippen molar-refractivity contribution in [2.24, 2.45) is 5.92 Å². The number of aryl methyl sites for hydroxylation is 1. The van der Waals surface area contributed by atoms with Crippen molar-refractivity contribution in [3.05, 3.63) is 75.8 Å². The smallest absolute Gasteiger partial charge is 0.259 e. The van der Waals surface area contributed by atoms with Crippen LogP contribution in [0.5, 0.6) is 0 Å². The van der Waals surface area contributed by atoms with Gasteiger partial charge >= 0.3 is 0 Å². The van der Waals surface area contributed by atoms with Crippen LogP contribution in [0, 0.1) is 11.7 Å². The van der Waals surface area contributed by atoms with E-state index in [1.165, 1.54) is 17.9 Å². The van der Waals surface area contributed by atoms with E-state index in [1.54, 1.807) is 12.1 Å². The van der Waals surface area contributed by atoms with Crippen LogP contribution in [0.4, 0.5) is 10.1 Å². The second kappa shape index (κ2) is 8.03. The topological polar surface area (TPSA) is 54.3 Å². The SMILES string of the molecule is CC(=O)N1CC2=C(C1=O)C(c1ccc(F)c(Cl)c1)c1cn(CCC(C)C)c3cccc(c13)N2. The molecule has 1 aromatic heterocycles. The van der Waals surface area contributed by atoms with Gasteiger partial charge in [-0.15, -0.1) is 0 Å². The van der Waals surface area contributed by atoms with Crippen LogP contribution in [0.1, 0.15) is 44.2 Å². The van der Waals surface area contributed by atoms with Crippen molar-refractivity contribution in [2.75, 3.05) is 11.9 Å². The fourth-order valence-electron chi connectivity index (χ4n) is 4.89. The fourth-order valence-corrected chi connectivity index (χ4v) is 5.08. The van der Waals surface area contributed by atoms with E-state index in [9.17, 15) is 14.0 Å². The van der Waals surface area contributed by atoms with E-state index >= 15 is 0 Å². The van der Waals surface area contributed by atoms with Crippen molar-refractivity contribution in [3.63, 3.8) is 0 Å². The third-order valence-corrected chi connectivity index (χ3v) is 6.83. The molecule has 2 aromatic carbocycles. The summed E-state index contributed by atoms with van der Waals surface area (Å²) in [5, 5.41) is 4.48. The number of imide groups is 1. The van der Waals surface area contributed by atoms with Gasteiger partial charge in [0, 0.05) is 42.4 Å². The first-order valence-electron chi connectivity index (χ1n) is 11.2. The predicted octanol–water partition coefficient (Wildman–Crippen LogP) is 5.68. The molecule has 3 heterocycles. The minimum atomic E-state index is -0.510. The van der Waals surface area contributed by atoms with E-state index < -0.39 is 11.7 Å². The molecule has 1 N–H and O–H groups in total. The van der Waals surface area contributed by atoms with Gasteiger partial charge in [-0.25, -0.2) is 4.39 Å². The normalized spacial score (nSPS) is 17.6. The van der Waals surface area contributed by atoms with Gasteiger partial charge in [0.15, 0.2) is 0 Å². The summed E-state index contributed by atoms with van der Waals surface area (Å²) in [5.74, 6) is -1.08. The Balaban J connectivity index is 1.76. The summed E-state index contributed by atoms with van der Waals surface area (Å²) < 4.78 is 16.3. The lowest BCUT2D eigenvalue weighted by Crippen LogP contribution is -2.33. The van der Waals surface area contributed by atoms with E-state index in [1.807, 2.05) is 12.1 Å². The molecule has 2 aliphatic rings. The van der Waals surface area contributed by atoms with Crippen molar-refractivity contribution in [2.45, 2.75) is 39.7 Å². The number of nitrogens with one attached hydrogen (secondary N) is 1. The van der Waals surface area contributed by atoms with Gasteiger partial charge in [0.2, 0.25) is 5.91 Å². The molecule has 1 unspecified atom stereocenters. The first-order valence-corrected chi connectivity index (χ1v) is 11.5. The fraction of sp³-hybridized carbons (Fsp3) is 0.308. The van der Waals surface area contributed by atoms with Crippen molar-refractivity contribution < 1.29 is 14.0 Å². The highest BCUT2D eigenvalue weighted by Gasteiger charge is 2.41. The van der Waals surface area contributed by atoms with Gasteiger partial charge in [-0.1, -0.05) is 37.6 Å². The summed E-state index contributed by atoms with van der Waals surface area (Å²) in [5.41, 5.74) is 4.83. The first kappa shape index (κ1) is 21.7. The Bertz CT molecular complexity index is 1340. The summed E-state index contributed by atoms with van der Waals surface area (Å²) in [6.45, 7) is 6.80. The van der Waals surface area contributed by atoms with Crippen molar-refractivity contribution >= 4 is 40.0 Å². The Labute approximate surface area is 196 Å². The molecule has 5 rings (SSSR count). The summed E-state index contributed by atoms with van der Waals surface area (Å²) in [6.07, 6.45) is 3.11. The summed E-state index contributed by atoms with van der Waals surface area (Å²) in [6, 6.07) is 10.7. The Morgan fingerprint density at radius 3 is 2.76 bits per heavy atom. The van der Waals surface area contributed by atoms with Gasteiger partial charge in [-0.2, -0.15) is 0 Å². The molecule has 170 valence electrons. The zero-order valence-electron chi connectivity index (χ0n) is 18.8. The number of nitrogens with zero attached hydrogens (tertiary/aromatic N) is 2. The van der Waals surface area contributed by atoms with E-state index in [-0.39, 0.29) is 23.4 Å². The number of halogens is 2. The molecule has 0 fully saturated rings. The summed E-state index contributed by atoms with van der Waals surface area (Å²) in [7, 11) is 0. The molecular weight excluding hydrogens is 441 g/mol. The maximum Gasteiger partial charge on any atom is 0.259 e. The quantitative estimate of drug-likeness (QED) is 0.539. The van der Waals surface area contributed by atoms with Crippen LogP contribution in [-0.2, 0) is 16.1 Å². The van der Waals surface area contributed by atoms with Gasteiger partial charge in [0.1, 0.15) is 5.82 Å². The number of hydrogen-bond acceptors (Lipinski definition) is 3. The molecule has 0 radical (unpaired) electrons. The Morgan fingerprint density at radius 2 is 2.06 bits per heavy atom. The number of aromatic nitrogens is 1. The van der Waals surface area contributed by atoms with Crippen LogP contribution in [0.15, 0.2) is 53.9 Å². The molecule has 1 atom stereocenters. The number of hydrogen-bond donors (Lipinski definition) is 1. The van der Waals surface area contributed by atoms with Gasteiger partial charge in [0.25, 0.3) is 5.91 Å². The average molecular weight is 466 g/mol. The molecule has 7 heteroatoms. The van der Waals surface area contributed by atoms with Crippen LogP contribution in [0.25, 0.3) is 10.9 Å². The first-order chi connectivity index (χ1) is 15.8. The molecule has 0 saturated carbocycles. The molecular formula is C26H25ClFN3O2. The number of rotatable bonds is 4. The highest BCUT2D eigenvalue weighted by Crippen LogP contribution is 2.47. The maximum absolute atomic E-state index is 14.0. The van der Waals surface area contributed by atoms with Crippen molar-refractivity contribution in [1.29, 1.82) is 0 Å². The molecule has 0 spiro atoms. The van der Waals surface area contributed by atoms with Gasteiger partial charge in [-0.3, -0.25) is 14.5 Å². The second-order valence-electron chi connectivity index (χ2n) is 9.19. The minimum Gasteiger partial charge on any atom is -0.356 e. The lowest BCUT2D eigenvalue weighted by molar-refractivity contribution is -0.139. The molecule has 5 nitrogen and oxygen atoms in total. The zero-order chi connectivity index (χ0) is 23.4. The van der Waals surface area contributed by atoms with E-state index in [0.29, 0.717) is 22.8 Å². The molecule has 2 aliphatic heterocycles. The maximum atomic E-state index is 14.0. The lowest BCUT2D eigenvalue weighted by Gasteiger charge is -2.20. The number of benzene rings is 2. The highest BCUT2D eigenvalue weighted by molar-refractivity contribution is 6.30. The number of amides is 2. The predicted molar refractivity (Wildman–Crippen MR) is 128 cm³/mol. The van der Waals surface area contributed by atoms with E-state index in [4.69, 9.17) is 11.6 Å². The number of anilines is 1. The van der Waals surface area contributed by atoms with Crippen LogP contribution < -0.4 is 5.32 Å². The third kappa shape index (κ3) is 3.53. The Hall–Kier alpha value is -3.12. The number of carbonyl (C=O) groups excluding carboxylic acids is 2. The van der Waals surface area contributed by atoms with Gasteiger partial charge in [-0.05, 0) is 47.7 Å². The molecule has 0 saturated heterocycles. The Morgan fingerprint density at radius 1 is 1.27 bits per heavy atom. The van der Waals surface area contributed by atoms with Crippen LogP contribution in [0.3, 0.4) is 0 Å². The van der Waals surface area contributed by atoms with E-state index in [0.717, 1.165) is 35.1 Å². The molecule has 0 bridgehead atoms. The van der Waals surface area contributed by atoms with Gasteiger partial charge in [0.05, 0.1) is 22.7 Å².